The number of methoxy groups -OCH3 is 1. The lowest BCUT2D eigenvalue weighted by Crippen LogP contribution is -2.08. The molecule has 3 rings (SSSR count). The molecule has 8 heteroatoms. The van der Waals surface area contributed by atoms with Crippen molar-refractivity contribution in [1.82, 2.24) is 0 Å². The maximum Gasteiger partial charge on any atom is 0.387 e. The van der Waals surface area contributed by atoms with Gasteiger partial charge in [0.15, 0.2) is 11.5 Å². The molecule has 0 radical (unpaired) electrons. The second-order valence-electron chi connectivity index (χ2n) is 5.78. The fraction of sp³-hybridized carbons (Fsp3) is 0.250. The van der Waals surface area contributed by atoms with E-state index >= 15 is 0 Å². The van der Waals surface area contributed by atoms with E-state index in [-0.39, 0.29) is 17.4 Å². The molecule has 1 heterocycles. The van der Waals surface area contributed by atoms with E-state index in [1.165, 1.54) is 25.3 Å². The van der Waals surface area contributed by atoms with Crippen LogP contribution in [0.3, 0.4) is 0 Å². The van der Waals surface area contributed by atoms with Crippen molar-refractivity contribution in [2.45, 2.75) is 11.2 Å². The topological polar surface area (TPSA) is 47.6 Å². The summed E-state index contributed by atoms with van der Waals surface area (Å²) in [7, 11) is 1.36. The Hall–Kier alpha value is -2.19. The molecule has 0 unspecified atom stereocenters. The first-order valence-corrected chi connectivity index (χ1v) is 10.6. The molecule has 1 amide bonds. The third-order valence-corrected chi connectivity index (χ3v) is 7.00. The third-order valence-electron chi connectivity index (χ3n) is 3.90. The van der Waals surface area contributed by atoms with Crippen molar-refractivity contribution in [1.29, 1.82) is 0 Å². The van der Waals surface area contributed by atoms with E-state index in [1.807, 2.05) is 47.8 Å². The summed E-state index contributed by atoms with van der Waals surface area (Å²) in [5.41, 5.74) is 2.17. The number of thioether (sulfide) groups is 2. The summed E-state index contributed by atoms with van der Waals surface area (Å²) in [5, 5.41) is 2.80. The van der Waals surface area contributed by atoms with Crippen molar-refractivity contribution in [3.8, 4) is 11.5 Å². The van der Waals surface area contributed by atoms with Crippen molar-refractivity contribution in [2.24, 2.45) is 0 Å². The molecule has 148 valence electrons. The van der Waals surface area contributed by atoms with Gasteiger partial charge in [0, 0.05) is 28.8 Å². The fourth-order valence-corrected chi connectivity index (χ4v) is 5.54. The second-order valence-corrected chi connectivity index (χ2v) is 8.50. The molecule has 0 aliphatic carbocycles. The number of benzene rings is 2. The zero-order valence-corrected chi connectivity index (χ0v) is 16.7. The van der Waals surface area contributed by atoms with E-state index in [4.69, 9.17) is 4.74 Å². The van der Waals surface area contributed by atoms with Gasteiger partial charge >= 0.3 is 6.61 Å². The number of rotatable bonds is 7. The minimum atomic E-state index is -2.99. The lowest BCUT2D eigenvalue weighted by atomic mass is 10.1. The number of anilines is 1. The average molecular weight is 424 g/mol. The summed E-state index contributed by atoms with van der Waals surface area (Å²) in [4.78, 5) is 12.3. The quantitative estimate of drug-likeness (QED) is 0.602. The van der Waals surface area contributed by atoms with E-state index in [0.29, 0.717) is 15.8 Å². The monoisotopic (exact) mass is 423 g/mol. The van der Waals surface area contributed by atoms with Crippen LogP contribution in [0.5, 0.6) is 11.5 Å². The van der Waals surface area contributed by atoms with Crippen LogP contribution in [-0.2, 0) is 4.79 Å². The van der Waals surface area contributed by atoms with E-state index < -0.39 is 6.61 Å². The van der Waals surface area contributed by atoms with Crippen LogP contribution in [0.25, 0.3) is 6.08 Å². The molecule has 0 saturated carbocycles. The first-order chi connectivity index (χ1) is 13.6. The van der Waals surface area contributed by atoms with Gasteiger partial charge in [0.1, 0.15) is 0 Å². The molecule has 4 nitrogen and oxygen atoms in total. The first-order valence-electron chi connectivity index (χ1n) is 8.51. The van der Waals surface area contributed by atoms with Crippen molar-refractivity contribution < 1.29 is 23.0 Å². The largest absolute Gasteiger partial charge is 0.493 e. The Labute approximate surface area is 170 Å². The highest BCUT2D eigenvalue weighted by atomic mass is 32.2. The smallest absolute Gasteiger partial charge is 0.387 e. The zero-order valence-electron chi connectivity index (χ0n) is 15.1. The maximum absolute atomic E-state index is 12.7. The molecule has 0 spiro atoms. The number of hydrogen-bond acceptors (Lipinski definition) is 5. The lowest BCUT2D eigenvalue weighted by Gasteiger charge is -2.12. The first kappa shape index (κ1) is 20.5. The lowest BCUT2D eigenvalue weighted by molar-refractivity contribution is -0.111. The Kier molecular flexibility index (Phi) is 7.22. The van der Waals surface area contributed by atoms with E-state index in [0.717, 1.165) is 17.1 Å². The number of alkyl halides is 2. The fourth-order valence-electron chi connectivity index (χ4n) is 2.70. The van der Waals surface area contributed by atoms with Gasteiger partial charge in [0.05, 0.1) is 11.7 Å². The molecule has 28 heavy (non-hydrogen) atoms. The van der Waals surface area contributed by atoms with Crippen LogP contribution >= 0.6 is 23.5 Å². The molecular formula is C20H19F2NO3S2. The SMILES string of the molecule is COc1cccc(/C=C/C(=O)Nc2cccc(C3SCCS3)c2)c1OC(F)F. The summed E-state index contributed by atoms with van der Waals surface area (Å²) < 4.78 is 35.4. The van der Waals surface area contributed by atoms with Gasteiger partial charge in [-0.25, -0.2) is 0 Å². The van der Waals surface area contributed by atoms with Crippen molar-refractivity contribution in [2.75, 3.05) is 23.9 Å². The van der Waals surface area contributed by atoms with Crippen molar-refractivity contribution in [3.05, 3.63) is 59.7 Å². The van der Waals surface area contributed by atoms with Gasteiger partial charge in [-0.1, -0.05) is 24.3 Å². The molecule has 2 aromatic carbocycles. The number of nitrogens with one attached hydrogen (secondary N) is 1. The molecule has 1 aliphatic rings. The minimum Gasteiger partial charge on any atom is -0.493 e. The summed E-state index contributed by atoms with van der Waals surface area (Å²) in [5.74, 6) is 1.94. The molecule has 1 N–H and O–H groups in total. The number of para-hydroxylation sites is 1. The minimum absolute atomic E-state index is 0.110. The standard InChI is InChI=1S/C20H19F2NO3S2/c1-25-16-7-3-4-13(18(16)26-20(21)22)8-9-17(24)23-15-6-2-5-14(12-15)19-27-10-11-28-19/h2-9,12,19-20H,10-11H2,1H3,(H,23,24)/b9-8+. The summed E-state index contributed by atoms with van der Waals surface area (Å²) in [6.45, 7) is -2.99. The second kappa shape index (κ2) is 9.84. The molecule has 2 aromatic rings. The number of carbonyl (C=O) groups is 1. The molecule has 1 fully saturated rings. The molecule has 0 atom stereocenters. The van der Waals surface area contributed by atoms with E-state index in [9.17, 15) is 13.6 Å². The number of carbonyl (C=O) groups excluding carboxylic acids is 1. The average Bonchev–Trinajstić information content (AvgIpc) is 3.22. The highest BCUT2D eigenvalue weighted by molar-refractivity contribution is 8.19. The van der Waals surface area contributed by atoms with Gasteiger partial charge in [-0.3, -0.25) is 4.79 Å². The highest BCUT2D eigenvalue weighted by Crippen LogP contribution is 2.45. The van der Waals surface area contributed by atoms with Gasteiger partial charge in [0.2, 0.25) is 5.91 Å². The van der Waals surface area contributed by atoms with Crippen molar-refractivity contribution in [3.63, 3.8) is 0 Å². The van der Waals surface area contributed by atoms with Gasteiger partial charge in [-0.15, -0.1) is 23.5 Å². The molecular weight excluding hydrogens is 404 g/mol. The molecule has 1 saturated heterocycles. The van der Waals surface area contributed by atoms with E-state index in [1.54, 1.807) is 12.1 Å². The predicted molar refractivity (Wildman–Crippen MR) is 111 cm³/mol. The van der Waals surface area contributed by atoms with Crippen molar-refractivity contribution >= 4 is 41.2 Å². The van der Waals surface area contributed by atoms with Crippen LogP contribution in [0.2, 0.25) is 0 Å². The summed E-state index contributed by atoms with van der Waals surface area (Å²) >= 11 is 3.78. The van der Waals surface area contributed by atoms with Gasteiger partial charge < -0.3 is 14.8 Å². The van der Waals surface area contributed by atoms with Crippen LogP contribution < -0.4 is 14.8 Å². The van der Waals surface area contributed by atoms with Crippen LogP contribution in [0.1, 0.15) is 15.7 Å². The third kappa shape index (κ3) is 5.42. The molecule has 1 aliphatic heterocycles. The van der Waals surface area contributed by atoms with Gasteiger partial charge in [-0.2, -0.15) is 8.78 Å². The Morgan fingerprint density at radius 3 is 2.68 bits per heavy atom. The number of amides is 1. The predicted octanol–water partition coefficient (Wildman–Crippen LogP) is 5.43. The highest BCUT2D eigenvalue weighted by Gasteiger charge is 2.18. The number of ether oxygens (including phenoxy) is 2. The molecule has 0 bridgehead atoms. The Bertz CT molecular complexity index is 855. The molecule has 0 aromatic heterocycles. The number of hydrogen-bond donors (Lipinski definition) is 1. The van der Waals surface area contributed by atoms with Crippen LogP contribution in [0.15, 0.2) is 48.5 Å². The summed E-state index contributed by atoms with van der Waals surface area (Å²) in [6.07, 6.45) is 2.70. The van der Waals surface area contributed by atoms with E-state index in [2.05, 4.69) is 10.1 Å². The Balaban J connectivity index is 1.71. The Morgan fingerprint density at radius 2 is 1.96 bits per heavy atom. The normalized spacial score (nSPS) is 14.6. The van der Waals surface area contributed by atoms with Gasteiger partial charge in [-0.05, 0) is 29.8 Å². The zero-order chi connectivity index (χ0) is 19.9. The number of halogens is 2. The van der Waals surface area contributed by atoms with Crippen LogP contribution in [0, 0.1) is 0 Å². The van der Waals surface area contributed by atoms with Crippen LogP contribution in [-0.4, -0.2) is 31.1 Å². The summed E-state index contributed by atoms with van der Waals surface area (Å²) in [6, 6.07) is 12.4. The maximum atomic E-state index is 12.7. The van der Waals surface area contributed by atoms with Crippen LogP contribution in [0.4, 0.5) is 14.5 Å². The Morgan fingerprint density at radius 1 is 1.21 bits per heavy atom. The van der Waals surface area contributed by atoms with Gasteiger partial charge in [0.25, 0.3) is 0 Å².